The van der Waals surface area contributed by atoms with Gasteiger partial charge in [0, 0.05) is 10.9 Å². The fourth-order valence-corrected chi connectivity index (χ4v) is 2.43. The summed E-state index contributed by atoms with van der Waals surface area (Å²) in [6.07, 6.45) is -0.223. The highest BCUT2D eigenvalue weighted by molar-refractivity contribution is 6.32. The van der Waals surface area contributed by atoms with Gasteiger partial charge in [-0.3, -0.25) is 0 Å². The first-order valence-electron chi connectivity index (χ1n) is 5.16. The van der Waals surface area contributed by atoms with Crippen LogP contribution in [0.5, 0.6) is 5.75 Å². The molecule has 1 aromatic rings. The van der Waals surface area contributed by atoms with Gasteiger partial charge in [0.25, 0.3) is 0 Å². The molecular weight excluding hydrogens is 228 g/mol. The maximum Gasteiger partial charge on any atom is 0.342 e. The molecule has 0 bridgehead atoms. The number of esters is 1. The largest absolute Gasteiger partial charge is 0.507 e. The van der Waals surface area contributed by atoms with Crippen LogP contribution >= 0.6 is 11.6 Å². The number of phenolic OH excluding ortho intramolecular Hbond substituents is 1. The Morgan fingerprint density at radius 2 is 2.06 bits per heavy atom. The number of aryl methyl sites for hydroxylation is 1. The number of cyclic esters (lactones) is 1. The van der Waals surface area contributed by atoms with Crippen molar-refractivity contribution in [1.29, 1.82) is 0 Å². The molecule has 0 amide bonds. The molecule has 0 radical (unpaired) electrons. The van der Waals surface area contributed by atoms with Crippen molar-refractivity contribution in [2.75, 3.05) is 0 Å². The van der Waals surface area contributed by atoms with Crippen LogP contribution in [0.4, 0.5) is 0 Å². The monoisotopic (exact) mass is 240 g/mol. The molecule has 1 aromatic carbocycles. The highest BCUT2D eigenvalue weighted by Gasteiger charge is 2.34. The summed E-state index contributed by atoms with van der Waals surface area (Å²) < 4.78 is 5.16. The Morgan fingerprint density at radius 3 is 2.69 bits per heavy atom. The van der Waals surface area contributed by atoms with Crippen LogP contribution in [0.2, 0.25) is 5.02 Å². The number of hydrogen-bond donors (Lipinski definition) is 1. The normalized spacial score (nSPS) is 23.9. The molecule has 0 fully saturated rings. The third kappa shape index (κ3) is 1.47. The third-order valence-electron chi connectivity index (χ3n) is 3.14. The Labute approximate surface area is 99.0 Å². The van der Waals surface area contributed by atoms with Gasteiger partial charge in [-0.25, -0.2) is 4.79 Å². The molecule has 0 aliphatic carbocycles. The number of benzene rings is 1. The van der Waals surface area contributed by atoms with Crippen LogP contribution in [0.25, 0.3) is 0 Å². The number of halogens is 1. The van der Waals surface area contributed by atoms with E-state index in [4.69, 9.17) is 16.3 Å². The van der Waals surface area contributed by atoms with Gasteiger partial charge in [-0.15, -0.1) is 0 Å². The summed E-state index contributed by atoms with van der Waals surface area (Å²) in [5.41, 5.74) is 1.49. The van der Waals surface area contributed by atoms with Crippen LogP contribution in [0.1, 0.15) is 41.3 Å². The van der Waals surface area contributed by atoms with Crippen LogP contribution < -0.4 is 0 Å². The van der Waals surface area contributed by atoms with Crippen LogP contribution in [-0.2, 0) is 4.74 Å². The summed E-state index contributed by atoms with van der Waals surface area (Å²) in [6.45, 7) is 5.45. The van der Waals surface area contributed by atoms with E-state index in [1.54, 1.807) is 13.0 Å². The quantitative estimate of drug-likeness (QED) is 0.709. The smallest absolute Gasteiger partial charge is 0.342 e. The lowest BCUT2D eigenvalue weighted by atomic mass is 9.87. The summed E-state index contributed by atoms with van der Waals surface area (Å²) >= 11 is 6.13. The highest BCUT2D eigenvalue weighted by atomic mass is 35.5. The van der Waals surface area contributed by atoms with Crippen molar-refractivity contribution in [2.45, 2.75) is 32.8 Å². The maximum absolute atomic E-state index is 11.7. The minimum Gasteiger partial charge on any atom is -0.507 e. The molecule has 2 atom stereocenters. The Kier molecular flexibility index (Phi) is 2.58. The molecule has 0 unspecified atom stereocenters. The standard InChI is InChI=1S/C12H13ClO3/c1-5-4-8(13)9-6(2)7(3)16-12(15)10(9)11(5)14/h4,6-7,14H,1-3H3/t6-,7-/m1/s1. The molecule has 3 nitrogen and oxygen atoms in total. The number of fused-ring (bicyclic) bond motifs is 1. The third-order valence-corrected chi connectivity index (χ3v) is 3.45. The molecule has 1 N–H and O–H groups in total. The van der Waals surface area contributed by atoms with Gasteiger partial charge in [0.15, 0.2) is 0 Å². The average Bonchev–Trinajstić information content (AvgIpc) is 2.20. The lowest BCUT2D eigenvalue weighted by Crippen LogP contribution is -2.29. The predicted molar refractivity (Wildman–Crippen MR) is 61.1 cm³/mol. The number of carbonyl (C=O) groups excluding carboxylic acids is 1. The van der Waals surface area contributed by atoms with Gasteiger partial charge in [-0.1, -0.05) is 18.5 Å². The van der Waals surface area contributed by atoms with E-state index in [0.29, 0.717) is 16.1 Å². The van der Waals surface area contributed by atoms with Gasteiger partial charge < -0.3 is 9.84 Å². The zero-order chi connectivity index (χ0) is 12.0. The predicted octanol–water partition coefficient (Wildman–Crippen LogP) is 3.02. The number of hydrogen-bond acceptors (Lipinski definition) is 3. The Bertz CT molecular complexity index is 468. The van der Waals surface area contributed by atoms with E-state index in [-0.39, 0.29) is 23.3 Å². The van der Waals surface area contributed by atoms with E-state index in [9.17, 15) is 9.90 Å². The first kappa shape index (κ1) is 11.3. The van der Waals surface area contributed by atoms with E-state index >= 15 is 0 Å². The molecule has 0 saturated carbocycles. The zero-order valence-corrected chi connectivity index (χ0v) is 10.1. The van der Waals surface area contributed by atoms with Crippen molar-refractivity contribution in [1.82, 2.24) is 0 Å². The Morgan fingerprint density at radius 1 is 1.44 bits per heavy atom. The SMILES string of the molecule is Cc1cc(Cl)c2c(c1O)C(=O)O[C@H](C)[C@H]2C. The lowest BCUT2D eigenvalue weighted by Gasteiger charge is -2.29. The van der Waals surface area contributed by atoms with Gasteiger partial charge in [0.2, 0.25) is 0 Å². The van der Waals surface area contributed by atoms with Gasteiger partial charge in [-0.2, -0.15) is 0 Å². The molecular formula is C12H13ClO3. The fraction of sp³-hybridized carbons (Fsp3) is 0.417. The second-order valence-corrected chi connectivity index (χ2v) is 4.62. The van der Waals surface area contributed by atoms with Crippen LogP contribution in [-0.4, -0.2) is 17.2 Å². The lowest BCUT2D eigenvalue weighted by molar-refractivity contribution is 0.0236. The Hall–Kier alpha value is -1.22. The van der Waals surface area contributed by atoms with E-state index in [1.807, 2.05) is 13.8 Å². The minimum absolute atomic E-state index is 0.00769. The molecule has 1 aliphatic heterocycles. The second-order valence-electron chi connectivity index (χ2n) is 4.21. The maximum atomic E-state index is 11.7. The topological polar surface area (TPSA) is 46.5 Å². The number of phenols is 1. The molecule has 0 saturated heterocycles. The number of aromatic hydroxyl groups is 1. The average molecular weight is 241 g/mol. The molecule has 0 spiro atoms. The molecule has 4 heteroatoms. The van der Waals surface area contributed by atoms with E-state index < -0.39 is 5.97 Å². The van der Waals surface area contributed by atoms with Gasteiger partial charge in [0.1, 0.15) is 17.4 Å². The van der Waals surface area contributed by atoms with Crippen molar-refractivity contribution in [3.05, 3.63) is 27.8 Å². The minimum atomic E-state index is -0.497. The molecule has 86 valence electrons. The number of carbonyl (C=O) groups is 1. The summed E-state index contributed by atoms with van der Waals surface area (Å²) in [4.78, 5) is 11.7. The first-order chi connectivity index (χ1) is 7.43. The van der Waals surface area contributed by atoms with Gasteiger partial charge in [0.05, 0.1) is 0 Å². The fourth-order valence-electron chi connectivity index (χ4n) is 2.00. The van der Waals surface area contributed by atoms with Crippen molar-refractivity contribution in [3.8, 4) is 5.75 Å². The van der Waals surface area contributed by atoms with Crippen molar-refractivity contribution < 1.29 is 14.6 Å². The summed E-state index contributed by atoms with van der Waals surface area (Å²) in [5.74, 6) is -0.529. The van der Waals surface area contributed by atoms with Crippen molar-refractivity contribution >= 4 is 17.6 Å². The molecule has 1 aliphatic rings. The van der Waals surface area contributed by atoms with Crippen LogP contribution in [0.3, 0.4) is 0 Å². The molecule has 2 rings (SSSR count). The zero-order valence-electron chi connectivity index (χ0n) is 9.37. The Balaban J connectivity index is 2.75. The van der Waals surface area contributed by atoms with Crippen LogP contribution in [0.15, 0.2) is 6.07 Å². The molecule has 1 heterocycles. The summed E-state index contributed by atoms with van der Waals surface area (Å²) in [6, 6.07) is 1.68. The number of ether oxygens (including phenoxy) is 1. The van der Waals surface area contributed by atoms with E-state index in [1.165, 1.54) is 0 Å². The molecule has 16 heavy (non-hydrogen) atoms. The van der Waals surface area contributed by atoms with Crippen LogP contribution in [0, 0.1) is 6.92 Å². The number of rotatable bonds is 0. The summed E-state index contributed by atoms with van der Waals surface area (Å²) in [5, 5.41) is 10.4. The van der Waals surface area contributed by atoms with Gasteiger partial charge in [-0.05, 0) is 31.0 Å². The highest BCUT2D eigenvalue weighted by Crippen LogP contribution is 2.41. The van der Waals surface area contributed by atoms with Gasteiger partial charge >= 0.3 is 5.97 Å². The van der Waals surface area contributed by atoms with Crippen molar-refractivity contribution in [2.24, 2.45) is 0 Å². The second kappa shape index (κ2) is 3.67. The summed E-state index contributed by atoms with van der Waals surface area (Å²) in [7, 11) is 0. The first-order valence-corrected chi connectivity index (χ1v) is 5.54. The molecule has 0 aromatic heterocycles. The van der Waals surface area contributed by atoms with Crippen molar-refractivity contribution in [3.63, 3.8) is 0 Å². The van der Waals surface area contributed by atoms with E-state index in [2.05, 4.69) is 0 Å². The van der Waals surface area contributed by atoms with E-state index in [0.717, 1.165) is 0 Å².